The van der Waals surface area contributed by atoms with Crippen molar-refractivity contribution < 1.29 is 4.79 Å². The van der Waals surface area contributed by atoms with Crippen LogP contribution in [-0.2, 0) is 0 Å². The van der Waals surface area contributed by atoms with Gasteiger partial charge in [-0.2, -0.15) is 0 Å². The number of halogens is 1. The van der Waals surface area contributed by atoms with E-state index in [9.17, 15) is 4.79 Å². The molecule has 0 aliphatic rings. The van der Waals surface area contributed by atoms with Gasteiger partial charge in [0.25, 0.3) is 0 Å². The molecule has 0 radical (unpaired) electrons. The Balaban J connectivity index is 2.14. The van der Waals surface area contributed by atoms with E-state index in [2.05, 4.69) is 20.9 Å². The number of rotatable bonds is 3. The van der Waals surface area contributed by atoms with E-state index in [-0.39, 0.29) is 5.78 Å². The predicted molar refractivity (Wildman–Crippen MR) is 71.7 cm³/mol. The van der Waals surface area contributed by atoms with Gasteiger partial charge in [-0.25, -0.2) is 0 Å². The first-order valence-corrected chi connectivity index (χ1v) is 5.93. The standard InChI is InChI=1S/C14H10BrNO/c15-13-8-11(9-16-10-13)6-7-14(17)12-4-2-1-3-5-12/h1-10H/b7-6+. The molecule has 0 aliphatic heterocycles. The van der Waals surface area contributed by atoms with Crippen LogP contribution < -0.4 is 0 Å². The molecule has 0 N–H and O–H groups in total. The van der Waals surface area contributed by atoms with E-state index in [0.29, 0.717) is 5.56 Å². The van der Waals surface area contributed by atoms with Gasteiger partial charge in [-0.05, 0) is 39.7 Å². The van der Waals surface area contributed by atoms with Gasteiger partial charge in [0.15, 0.2) is 5.78 Å². The molecular weight excluding hydrogens is 278 g/mol. The minimum Gasteiger partial charge on any atom is -0.289 e. The maximum atomic E-state index is 11.8. The number of aromatic nitrogens is 1. The third-order valence-electron chi connectivity index (χ3n) is 2.21. The fourth-order valence-electron chi connectivity index (χ4n) is 1.39. The third kappa shape index (κ3) is 3.36. The van der Waals surface area contributed by atoms with Gasteiger partial charge in [0.05, 0.1) is 0 Å². The van der Waals surface area contributed by atoms with Crippen LogP contribution in [-0.4, -0.2) is 10.8 Å². The molecular formula is C14H10BrNO. The lowest BCUT2D eigenvalue weighted by molar-refractivity contribution is 0.104. The summed E-state index contributed by atoms with van der Waals surface area (Å²) in [5.74, 6) is -0.00873. The molecule has 2 nitrogen and oxygen atoms in total. The summed E-state index contributed by atoms with van der Waals surface area (Å²) >= 11 is 3.33. The lowest BCUT2D eigenvalue weighted by Gasteiger charge is -1.95. The van der Waals surface area contributed by atoms with Gasteiger partial charge in [-0.1, -0.05) is 30.3 Å². The maximum absolute atomic E-state index is 11.8. The summed E-state index contributed by atoms with van der Waals surface area (Å²) in [5, 5.41) is 0. The van der Waals surface area contributed by atoms with E-state index in [1.54, 1.807) is 36.7 Å². The Kier molecular flexibility index (Phi) is 3.83. The molecule has 0 saturated heterocycles. The van der Waals surface area contributed by atoms with Gasteiger partial charge in [0.2, 0.25) is 0 Å². The molecule has 0 amide bonds. The van der Waals surface area contributed by atoms with E-state index < -0.39 is 0 Å². The second-order valence-electron chi connectivity index (χ2n) is 3.50. The fraction of sp³-hybridized carbons (Fsp3) is 0. The minimum absolute atomic E-state index is 0.00873. The fourth-order valence-corrected chi connectivity index (χ4v) is 1.77. The molecule has 0 saturated carbocycles. The van der Waals surface area contributed by atoms with Crippen LogP contribution in [0.2, 0.25) is 0 Å². The molecule has 2 aromatic rings. The number of nitrogens with zero attached hydrogens (tertiary/aromatic N) is 1. The highest BCUT2D eigenvalue weighted by atomic mass is 79.9. The minimum atomic E-state index is -0.00873. The zero-order valence-electron chi connectivity index (χ0n) is 9.01. The number of hydrogen-bond acceptors (Lipinski definition) is 2. The SMILES string of the molecule is O=C(/C=C/c1cncc(Br)c1)c1ccccc1. The van der Waals surface area contributed by atoms with Crippen LogP contribution >= 0.6 is 15.9 Å². The Hall–Kier alpha value is -1.74. The van der Waals surface area contributed by atoms with Crippen LogP contribution in [0.3, 0.4) is 0 Å². The van der Waals surface area contributed by atoms with Gasteiger partial charge < -0.3 is 0 Å². The van der Waals surface area contributed by atoms with Crippen LogP contribution in [0.1, 0.15) is 15.9 Å². The maximum Gasteiger partial charge on any atom is 0.185 e. The Morgan fingerprint density at radius 2 is 1.94 bits per heavy atom. The van der Waals surface area contributed by atoms with Crippen molar-refractivity contribution >= 4 is 27.8 Å². The van der Waals surface area contributed by atoms with E-state index in [4.69, 9.17) is 0 Å². The summed E-state index contributed by atoms with van der Waals surface area (Å²) in [4.78, 5) is 15.8. The normalized spacial score (nSPS) is 10.6. The summed E-state index contributed by atoms with van der Waals surface area (Å²) in [6.07, 6.45) is 6.72. The number of benzene rings is 1. The molecule has 0 aliphatic carbocycles. The van der Waals surface area contributed by atoms with Gasteiger partial charge in [0.1, 0.15) is 0 Å². The molecule has 17 heavy (non-hydrogen) atoms. The van der Waals surface area contributed by atoms with Crippen molar-refractivity contribution in [3.63, 3.8) is 0 Å². The summed E-state index contributed by atoms with van der Waals surface area (Å²) in [6, 6.07) is 11.1. The van der Waals surface area contributed by atoms with Gasteiger partial charge in [-0.15, -0.1) is 0 Å². The summed E-state index contributed by atoms with van der Waals surface area (Å²) in [5.41, 5.74) is 1.58. The van der Waals surface area contributed by atoms with Crippen molar-refractivity contribution in [1.82, 2.24) is 4.98 Å². The van der Waals surface area contributed by atoms with Crippen LogP contribution in [0.25, 0.3) is 6.08 Å². The Morgan fingerprint density at radius 1 is 1.18 bits per heavy atom. The quantitative estimate of drug-likeness (QED) is 0.636. The number of allylic oxidation sites excluding steroid dienone is 1. The zero-order chi connectivity index (χ0) is 12.1. The molecule has 0 bridgehead atoms. The summed E-state index contributed by atoms with van der Waals surface area (Å²) in [7, 11) is 0. The Labute approximate surface area is 108 Å². The molecule has 84 valence electrons. The molecule has 0 spiro atoms. The van der Waals surface area contributed by atoms with Crippen molar-refractivity contribution in [1.29, 1.82) is 0 Å². The zero-order valence-corrected chi connectivity index (χ0v) is 10.6. The number of pyridine rings is 1. The van der Waals surface area contributed by atoms with Crippen LogP contribution in [0, 0.1) is 0 Å². The lowest BCUT2D eigenvalue weighted by atomic mass is 10.1. The van der Waals surface area contributed by atoms with Gasteiger partial charge in [-0.3, -0.25) is 9.78 Å². The molecule has 0 unspecified atom stereocenters. The lowest BCUT2D eigenvalue weighted by Crippen LogP contribution is -1.92. The first-order chi connectivity index (χ1) is 8.25. The Bertz CT molecular complexity index is 549. The van der Waals surface area contributed by atoms with Crippen LogP contribution in [0.5, 0.6) is 0 Å². The average molecular weight is 288 g/mol. The van der Waals surface area contributed by atoms with E-state index in [0.717, 1.165) is 10.0 Å². The van der Waals surface area contributed by atoms with E-state index in [1.165, 1.54) is 0 Å². The van der Waals surface area contributed by atoms with Crippen molar-refractivity contribution in [2.24, 2.45) is 0 Å². The monoisotopic (exact) mass is 287 g/mol. The number of hydrogen-bond donors (Lipinski definition) is 0. The average Bonchev–Trinajstić information content (AvgIpc) is 2.37. The highest BCUT2D eigenvalue weighted by molar-refractivity contribution is 9.10. The predicted octanol–water partition coefficient (Wildman–Crippen LogP) is 3.74. The van der Waals surface area contributed by atoms with E-state index >= 15 is 0 Å². The summed E-state index contributed by atoms with van der Waals surface area (Å²) in [6.45, 7) is 0. The first-order valence-electron chi connectivity index (χ1n) is 5.14. The number of carbonyl (C=O) groups is 1. The smallest absolute Gasteiger partial charge is 0.185 e. The summed E-state index contributed by atoms with van der Waals surface area (Å²) < 4.78 is 0.895. The third-order valence-corrected chi connectivity index (χ3v) is 2.65. The number of carbonyl (C=O) groups excluding carboxylic acids is 1. The first kappa shape index (κ1) is 11.7. The molecule has 0 atom stereocenters. The molecule has 0 fully saturated rings. The second kappa shape index (κ2) is 5.55. The highest BCUT2D eigenvalue weighted by Crippen LogP contribution is 2.11. The number of ketones is 1. The van der Waals surface area contributed by atoms with Crippen LogP contribution in [0.4, 0.5) is 0 Å². The van der Waals surface area contributed by atoms with Crippen molar-refractivity contribution in [2.45, 2.75) is 0 Å². The molecule has 1 aromatic carbocycles. The van der Waals surface area contributed by atoms with Crippen LogP contribution in [0.15, 0.2) is 59.3 Å². The largest absolute Gasteiger partial charge is 0.289 e. The second-order valence-corrected chi connectivity index (χ2v) is 4.42. The van der Waals surface area contributed by atoms with E-state index in [1.807, 2.05) is 24.3 Å². The molecule has 1 heterocycles. The van der Waals surface area contributed by atoms with Gasteiger partial charge >= 0.3 is 0 Å². The Morgan fingerprint density at radius 3 is 2.65 bits per heavy atom. The van der Waals surface area contributed by atoms with Crippen molar-refractivity contribution in [3.05, 3.63) is 70.5 Å². The highest BCUT2D eigenvalue weighted by Gasteiger charge is 1.99. The van der Waals surface area contributed by atoms with Crippen molar-refractivity contribution in [2.75, 3.05) is 0 Å². The van der Waals surface area contributed by atoms with Gasteiger partial charge in [0, 0.05) is 22.4 Å². The molecule has 1 aromatic heterocycles. The molecule has 3 heteroatoms. The topological polar surface area (TPSA) is 30.0 Å². The van der Waals surface area contributed by atoms with Crippen molar-refractivity contribution in [3.8, 4) is 0 Å². The molecule has 2 rings (SSSR count).